The van der Waals surface area contributed by atoms with E-state index in [1.807, 2.05) is 6.92 Å². The van der Waals surface area contributed by atoms with Crippen molar-refractivity contribution in [2.24, 2.45) is 0 Å². The first-order valence-corrected chi connectivity index (χ1v) is 6.26. The predicted octanol–water partition coefficient (Wildman–Crippen LogP) is 1.90. The molecule has 0 saturated carbocycles. The summed E-state index contributed by atoms with van der Waals surface area (Å²) >= 11 is 2.13. The van der Waals surface area contributed by atoms with Gasteiger partial charge in [0.1, 0.15) is 5.82 Å². The highest BCUT2D eigenvalue weighted by Gasteiger charge is 2.27. The van der Waals surface area contributed by atoms with E-state index < -0.39 is 14.4 Å². The Morgan fingerprint density at radius 2 is 1.78 bits per heavy atom. The van der Waals surface area contributed by atoms with Crippen molar-refractivity contribution in [1.29, 1.82) is 0 Å². The molecule has 0 spiro atoms. The highest BCUT2D eigenvalue weighted by atomic mass is 127. The van der Waals surface area contributed by atoms with Gasteiger partial charge in [-0.2, -0.15) is 0 Å². The van der Waals surface area contributed by atoms with E-state index in [2.05, 4.69) is 32.8 Å². The SMILES string of the molecule is CC(I)(c1ccc(F)cc1)c1cc(=O)c(=O)[nH][nH]1. The van der Waals surface area contributed by atoms with Gasteiger partial charge in [-0.05, 0) is 24.6 Å². The van der Waals surface area contributed by atoms with Crippen LogP contribution < -0.4 is 11.0 Å². The van der Waals surface area contributed by atoms with Crippen LogP contribution in [0.4, 0.5) is 4.39 Å². The van der Waals surface area contributed by atoms with Gasteiger partial charge in [0.05, 0.1) is 9.12 Å². The summed E-state index contributed by atoms with van der Waals surface area (Å²) in [5.41, 5.74) is 0.0883. The molecule has 2 rings (SSSR count). The summed E-state index contributed by atoms with van der Waals surface area (Å²) < 4.78 is 12.3. The van der Waals surface area contributed by atoms with Crippen molar-refractivity contribution in [3.05, 3.63) is 68.0 Å². The van der Waals surface area contributed by atoms with Crippen molar-refractivity contribution >= 4 is 22.6 Å². The third-order valence-corrected chi connectivity index (χ3v) is 3.91. The van der Waals surface area contributed by atoms with Gasteiger partial charge in [-0.25, -0.2) is 4.39 Å². The molecule has 18 heavy (non-hydrogen) atoms. The van der Waals surface area contributed by atoms with Gasteiger partial charge in [0.2, 0.25) is 5.43 Å². The number of alkyl halides is 1. The van der Waals surface area contributed by atoms with Crippen LogP contribution in [0.15, 0.2) is 39.9 Å². The summed E-state index contributed by atoms with van der Waals surface area (Å²) in [4.78, 5) is 22.4. The molecule has 0 aliphatic carbocycles. The maximum Gasteiger partial charge on any atom is 0.310 e. The molecular weight excluding hydrogens is 350 g/mol. The Kier molecular flexibility index (Phi) is 3.38. The zero-order valence-corrected chi connectivity index (χ0v) is 11.6. The molecule has 0 amide bonds. The minimum absolute atomic E-state index is 0.319. The van der Waals surface area contributed by atoms with Gasteiger partial charge in [-0.3, -0.25) is 14.7 Å². The highest BCUT2D eigenvalue weighted by molar-refractivity contribution is 14.1. The highest BCUT2D eigenvalue weighted by Crippen LogP contribution is 2.36. The number of hydrogen-bond acceptors (Lipinski definition) is 2. The second kappa shape index (κ2) is 4.68. The van der Waals surface area contributed by atoms with Crippen LogP contribution >= 0.6 is 22.6 Å². The molecule has 0 saturated heterocycles. The molecule has 4 nitrogen and oxygen atoms in total. The first kappa shape index (κ1) is 13.0. The van der Waals surface area contributed by atoms with E-state index >= 15 is 0 Å². The normalized spacial score (nSPS) is 14.2. The topological polar surface area (TPSA) is 65.7 Å². The lowest BCUT2D eigenvalue weighted by atomic mass is 9.97. The molecule has 94 valence electrons. The van der Waals surface area contributed by atoms with Crippen LogP contribution in [-0.4, -0.2) is 10.2 Å². The van der Waals surface area contributed by atoms with Crippen LogP contribution in [0.25, 0.3) is 0 Å². The molecule has 0 radical (unpaired) electrons. The lowest BCUT2D eigenvalue weighted by Crippen LogP contribution is -2.31. The zero-order valence-electron chi connectivity index (χ0n) is 9.46. The van der Waals surface area contributed by atoms with Gasteiger partial charge in [0.25, 0.3) is 0 Å². The Bertz CT molecular complexity index is 673. The second-order valence-corrected chi connectivity index (χ2v) is 6.17. The Morgan fingerprint density at radius 1 is 1.17 bits per heavy atom. The fourth-order valence-corrected chi connectivity index (χ4v) is 2.24. The fourth-order valence-electron chi connectivity index (χ4n) is 1.59. The Hall–Kier alpha value is -1.44. The van der Waals surface area contributed by atoms with E-state index in [-0.39, 0.29) is 5.82 Å². The molecule has 2 N–H and O–H groups in total. The van der Waals surface area contributed by atoms with Crippen molar-refractivity contribution < 1.29 is 4.39 Å². The van der Waals surface area contributed by atoms with Crippen LogP contribution in [0, 0.1) is 5.82 Å². The maximum absolute atomic E-state index is 12.9. The van der Waals surface area contributed by atoms with Gasteiger partial charge in [-0.15, -0.1) is 0 Å². The minimum atomic E-state index is -0.690. The van der Waals surface area contributed by atoms with E-state index in [4.69, 9.17) is 0 Å². The standard InChI is InChI=1S/C12H10FIN2O2/c1-12(14,7-2-4-8(13)5-3-7)10-6-9(17)11(18)16-15-10/h2-6H,1H3,(H,15,17)(H,16,18). The van der Waals surface area contributed by atoms with Crippen LogP contribution in [0.2, 0.25) is 0 Å². The second-order valence-electron chi connectivity index (χ2n) is 4.01. The molecule has 1 aromatic heterocycles. The number of nitrogens with one attached hydrogen (secondary N) is 2. The van der Waals surface area contributed by atoms with Crippen molar-refractivity contribution in [1.82, 2.24) is 10.2 Å². The van der Waals surface area contributed by atoms with Crippen molar-refractivity contribution in [2.45, 2.75) is 10.3 Å². The number of aromatic nitrogens is 2. The summed E-state index contributed by atoms with van der Waals surface area (Å²) in [7, 11) is 0. The molecule has 0 aliphatic rings. The smallest absolute Gasteiger partial charge is 0.301 e. The average molecular weight is 360 g/mol. The largest absolute Gasteiger partial charge is 0.310 e. The van der Waals surface area contributed by atoms with Crippen LogP contribution in [0.5, 0.6) is 0 Å². The summed E-state index contributed by atoms with van der Waals surface area (Å²) in [6.45, 7) is 1.87. The zero-order chi connectivity index (χ0) is 13.3. The minimum Gasteiger partial charge on any atom is -0.301 e. The molecule has 0 aliphatic heterocycles. The molecule has 0 fully saturated rings. The average Bonchev–Trinajstić information content (AvgIpc) is 2.33. The number of aromatic amines is 2. The van der Waals surface area contributed by atoms with Gasteiger partial charge < -0.3 is 5.10 Å². The fraction of sp³-hybridized carbons (Fsp3) is 0.167. The number of halogens is 2. The van der Waals surface area contributed by atoms with Crippen molar-refractivity contribution in [2.75, 3.05) is 0 Å². The van der Waals surface area contributed by atoms with E-state index in [0.717, 1.165) is 5.56 Å². The van der Waals surface area contributed by atoms with Crippen LogP contribution in [0.1, 0.15) is 18.2 Å². The van der Waals surface area contributed by atoms with Gasteiger partial charge in [-0.1, -0.05) is 34.7 Å². The first-order chi connectivity index (χ1) is 8.41. The first-order valence-electron chi connectivity index (χ1n) is 5.18. The Balaban J connectivity index is 2.53. The lowest BCUT2D eigenvalue weighted by molar-refractivity contribution is 0.626. The quantitative estimate of drug-likeness (QED) is 0.488. The Labute approximate surface area is 115 Å². The van der Waals surface area contributed by atoms with E-state index in [9.17, 15) is 14.0 Å². The van der Waals surface area contributed by atoms with Crippen LogP contribution in [0.3, 0.4) is 0 Å². The summed E-state index contributed by atoms with van der Waals surface area (Å²) in [6.07, 6.45) is 0. The molecule has 1 heterocycles. The third kappa shape index (κ3) is 2.38. The molecule has 1 unspecified atom stereocenters. The van der Waals surface area contributed by atoms with Crippen molar-refractivity contribution in [3.63, 3.8) is 0 Å². The van der Waals surface area contributed by atoms with E-state index in [0.29, 0.717) is 5.69 Å². The number of benzene rings is 1. The molecule has 2 aromatic rings. The summed E-state index contributed by atoms with van der Waals surface area (Å²) in [5.74, 6) is -0.319. The molecule has 1 aromatic carbocycles. The Morgan fingerprint density at radius 3 is 2.33 bits per heavy atom. The van der Waals surface area contributed by atoms with Gasteiger partial charge in [0.15, 0.2) is 0 Å². The van der Waals surface area contributed by atoms with Gasteiger partial charge in [0, 0.05) is 6.07 Å². The van der Waals surface area contributed by atoms with E-state index in [1.165, 1.54) is 18.2 Å². The number of H-pyrrole nitrogens is 2. The number of rotatable bonds is 2. The molecular formula is C12H10FIN2O2. The van der Waals surface area contributed by atoms with Crippen LogP contribution in [-0.2, 0) is 3.42 Å². The monoisotopic (exact) mass is 360 g/mol. The van der Waals surface area contributed by atoms with E-state index in [1.54, 1.807) is 12.1 Å². The number of hydrogen-bond donors (Lipinski definition) is 2. The molecule has 1 atom stereocenters. The lowest BCUT2D eigenvalue weighted by Gasteiger charge is -2.22. The maximum atomic E-state index is 12.9. The third-order valence-electron chi connectivity index (χ3n) is 2.70. The molecule has 6 heteroatoms. The predicted molar refractivity (Wildman–Crippen MR) is 74.6 cm³/mol. The summed E-state index contributed by atoms with van der Waals surface area (Å²) in [5, 5.41) is 4.98. The van der Waals surface area contributed by atoms with Crippen molar-refractivity contribution in [3.8, 4) is 0 Å². The van der Waals surface area contributed by atoms with Gasteiger partial charge >= 0.3 is 5.56 Å². The molecule has 0 bridgehead atoms. The summed E-state index contributed by atoms with van der Waals surface area (Å²) in [6, 6.07) is 7.26.